The van der Waals surface area contributed by atoms with E-state index in [1.54, 1.807) is 24.0 Å². The summed E-state index contributed by atoms with van der Waals surface area (Å²) in [5.41, 5.74) is 4.06. The number of nitrogens with one attached hydrogen (secondary N) is 1. The lowest BCUT2D eigenvalue weighted by atomic mass is 9.90. The molecule has 1 heterocycles. The number of carbonyl (C=O) groups is 4. The summed E-state index contributed by atoms with van der Waals surface area (Å²) in [5, 5.41) is 3.11. The van der Waals surface area contributed by atoms with E-state index in [0.29, 0.717) is 26.2 Å². The van der Waals surface area contributed by atoms with Crippen LogP contribution in [-0.4, -0.2) is 115 Å². The molecule has 3 amide bonds. The number of piperazine rings is 1. The summed E-state index contributed by atoms with van der Waals surface area (Å²) in [6.45, 7) is 19.5. The molecule has 0 aromatic heterocycles. The van der Waals surface area contributed by atoms with Crippen molar-refractivity contribution in [1.82, 2.24) is 20.0 Å². The van der Waals surface area contributed by atoms with Gasteiger partial charge in [-0.25, -0.2) is 4.79 Å². The first-order chi connectivity index (χ1) is 25.5. The summed E-state index contributed by atoms with van der Waals surface area (Å²) >= 11 is 0. The van der Waals surface area contributed by atoms with Crippen LogP contribution in [0.5, 0.6) is 0 Å². The molecular formula is C43H64N4O7. The molecule has 0 radical (unpaired) electrons. The number of benzene rings is 2. The van der Waals surface area contributed by atoms with Crippen molar-refractivity contribution in [2.24, 2.45) is 17.8 Å². The maximum Gasteiger partial charge on any atom is 0.409 e. The Morgan fingerprint density at radius 3 is 1.91 bits per heavy atom. The molecule has 0 spiro atoms. The highest BCUT2D eigenvalue weighted by Crippen LogP contribution is 2.44. The number of likely N-dealkylation sites (N-methyl/N-ethyl adjacent to an activating group) is 1. The molecule has 1 N–H and O–H groups in total. The summed E-state index contributed by atoms with van der Waals surface area (Å²) < 4.78 is 17.3. The van der Waals surface area contributed by atoms with Crippen LogP contribution in [0.25, 0.3) is 11.1 Å². The van der Waals surface area contributed by atoms with Crippen molar-refractivity contribution in [3.63, 3.8) is 0 Å². The molecule has 2 aromatic rings. The van der Waals surface area contributed by atoms with E-state index >= 15 is 0 Å². The van der Waals surface area contributed by atoms with Crippen LogP contribution in [0, 0.1) is 17.8 Å². The van der Waals surface area contributed by atoms with E-state index in [4.69, 9.17) is 14.2 Å². The van der Waals surface area contributed by atoms with Gasteiger partial charge in [-0.2, -0.15) is 0 Å². The Balaban J connectivity index is 1.39. The topological polar surface area (TPSA) is 118 Å². The van der Waals surface area contributed by atoms with Crippen LogP contribution in [0.3, 0.4) is 0 Å². The minimum absolute atomic E-state index is 0.00343. The van der Waals surface area contributed by atoms with Crippen molar-refractivity contribution in [2.75, 3.05) is 46.9 Å². The number of carbonyl (C=O) groups excluding carboxylic acids is 4. The van der Waals surface area contributed by atoms with E-state index in [1.807, 2.05) is 86.6 Å². The van der Waals surface area contributed by atoms with Crippen LogP contribution in [-0.2, 0) is 28.6 Å². The number of nitrogens with zero attached hydrogens (tertiary/aromatic N) is 3. The lowest BCUT2D eigenvalue weighted by Crippen LogP contribution is -2.62. The predicted octanol–water partition coefficient (Wildman–Crippen LogP) is 6.34. The van der Waals surface area contributed by atoms with Gasteiger partial charge in [0.25, 0.3) is 0 Å². The second kappa shape index (κ2) is 18.6. The lowest BCUT2D eigenvalue weighted by molar-refractivity contribution is -0.161. The Labute approximate surface area is 323 Å². The molecule has 54 heavy (non-hydrogen) atoms. The van der Waals surface area contributed by atoms with Crippen LogP contribution in [0.1, 0.15) is 92.2 Å². The fourth-order valence-electron chi connectivity index (χ4n) is 8.01. The van der Waals surface area contributed by atoms with Gasteiger partial charge < -0.3 is 29.3 Å². The summed E-state index contributed by atoms with van der Waals surface area (Å²) in [6.07, 6.45) is -0.195. The van der Waals surface area contributed by atoms with Crippen LogP contribution in [0.4, 0.5) is 4.79 Å². The second-order valence-corrected chi connectivity index (χ2v) is 16.6. The zero-order valence-electron chi connectivity index (χ0n) is 34.4. The van der Waals surface area contributed by atoms with Crippen molar-refractivity contribution in [1.29, 1.82) is 0 Å². The average molecular weight is 749 g/mol. The molecule has 0 saturated carbocycles. The molecule has 11 nitrogen and oxygen atoms in total. The van der Waals surface area contributed by atoms with Gasteiger partial charge in [0.1, 0.15) is 18.2 Å². The number of fused-ring (bicyclic) bond motifs is 3. The van der Waals surface area contributed by atoms with Gasteiger partial charge in [-0.15, -0.1) is 0 Å². The smallest absolute Gasteiger partial charge is 0.409 e. The first-order valence-electron chi connectivity index (χ1n) is 19.6. The quantitative estimate of drug-likeness (QED) is 0.210. The zero-order chi connectivity index (χ0) is 39.9. The highest BCUT2D eigenvalue weighted by Gasteiger charge is 2.40. The fourth-order valence-corrected chi connectivity index (χ4v) is 8.01. The summed E-state index contributed by atoms with van der Waals surface area (Å²) in [4.78, 5) is 60.0. The number of ether oxygens (including phenoxy) is 3. The predicted molar refractivity (Wildman–Crippen MR) is 211 cm³/mol. The van der Waals surface area contributed by atoms with Crippen LogP contribution >= 0.6 is 0 Å². The van der Waals surface area contributed by atoms with Crippen LogP contribution in [0.15, 0.2) is 48.5 Å². The standard InChI is InChI=1S/C43H64N4O7/c1-12-29(6)39(35(52-11)25-36(48)54-43(7,8)9)45(10)41(50)37(27(2)3)44-40(49)38(28(4)5)46-21-23-47(24-22-46)42(51)53-26-34-32-19-15-13-17-30(32)31-18-14-16-20-33(31)34/h13-20,27-29,34-35,37-39H,12,21-26H2,1-11H3,(H,44,49)/t29-,35?,37-,38-,39-/m0/s1. The zero-order valence-corrected chi connectivity index (χ0v) is 34.4. The van der Waals surface area contributed by atoms with Gasteiger partial charge in [0.05, 0.1) is 24.6 Å². The van der Waals surface area contributed by atoms with Crippen molar-refractivity contribution < 1.29 is 33.4 Å². The Hall–Kier alpha value is -3.96. The molecule has 1 saturated heterocycles. The third-order valence-corrected chi connectivity index (χ3v) is 10.9. The molecule has 1 aliphatic heterocycles. The Bertz CT molecular complexity index is 1550. The van der Waals surface area contributed by atoms with Gasteiger partial charge in [0.2, 0.25) is 11.8 Å². The van der Waals surface area contributed by atoms with Crippen LogP contribution in [0.2, 0.25) is 0 Å². The fraction of sp³-hybridized carbons (Fsp3) is 0.628. The maximum absolute atomic E-state index is 14.3. The largest absolute Gasteiger partial charge is 0.460 e. The molecule has 1 aliphatic carbocycles. The highest BCUT2D eigenvalue weighted by molar-refractivity contribution is 5.90. The molecule has 298 valence electrons. The molecule has 2 aromatic carbocycles. The van der Waals surface area contributed by atoms with E-state index in [1.165, 1.54) is 22.3 Å². The molecular weight excluding hydrogens is 684 g/mol. The molecule has 1 fully saturated rings. The summed E-state index contributed by atoms with van der Waals surface area (Å²) in [5.74, 6) is -1.12. The van der Waals surface area contributed by atoms with E-state index in [2.05, 4.69) is 34.5 Å². The monoisotopic (exact) mass is 748 g/mol. The van der Waals surface area contributed by atoms with Gasteiger partial charge in [-0.05, 0) is 60.8 Å². The molecule has 1 unspecified atom stereocenters. The Kier molecular flexibility index (Phi) is 14.7. The molecule has 4 rings (SSSR count). The number of rotatable bonds is 15. The van der Waals surface area contributed by atoms with E-state index in [-0.39, 0.29) is 54.6 Å². The van der Waals surface area contributed by atoms with Crippen molar-refractivity contribution in [2.45, 2.75) is 111 Å². The number of hydrogen-bond acceptors (Lipinski definition) is 8. The first-order valence-corrected chi connectivity index (χ1v) is 19.6. The second-order valence-electron chi connectivity index (χ2n) is 16.6. The van der Waals surface area contributed by atoms with Crippen molar-refractivity contribution >= 4 is 23.9 Å². The minimum atomic E-state index is -0.795. The maximum atomic E-state index is 14.3. The van der Waals surface area contributed by atoms with Gasteiger partial charge in [-0.1, -0.05) is 96.5 Å². The lowest BCUT2D eigenvalue weighted by Gasteiger charge is -2.41. The SMILES string of the molecule is CC[C@H](C)[C@@H](C(CC(=O)OC(C)(C)C)OC)N(C)C(=O)[C@@H](NC(=O)[C@H](C(C)C)N1CCN(C(=O)OCC2c3ccccc3-c3ccccc32)CC1)C(C)C. The van der Waals surface area contributed by atoms with E-state index in [0.717, 1.165) is 6.42 Å². The third kappa shape index (κ3) is 10.2. The third-order valence-electron chi connectivity index (χ3n) is 10.9. The Morgan fingerprint density at radius 1 is 0.870 bits per heavy atom. The Morgan fingerprint density at radius 2 is 1.43 bits per heavy atom. The van der Waals surface area contributed by atoms with Gasteiger partial charge in [-0.3, -0.25) is 19.3 Å². The van der Waals surface area contributed by atoms with Crippen molar-refractivity contribution in [3.05, 3.63) is 59.7 Å². The molecule has 5 atom stereocenters. The normalized spacial score (nSPS) is 17.6. The van der Waals surface area contributed by atoms with E-state index in [9.17, 15) is 19.2 Å². The average Bonchev–Trinajstić information content (AvgIpc) is 3.44. The highest BCUT2D eigenvalue weighted by atomic mass is 16.6. The summed E-state index contributed by atoms with van der Waals surface area (Å²) in [6, 6.07) is 14.8. The van der Waals surface area contributed by atoms with E-state index < -0.39 is 35.8 Å². The molecule has 2 aliphatic rings. The van der Waals surface area contributed by atoms with Gasteiger partial charge >= 0.3 is 12.1 Å². The first kappa shape index (κ1) is 42.8. The van der Waals surface area contributed by atoms with Crippen molar-refractivity contribution in [3.8, 4) is 11.1 Å². The van der Waals surface area contributed by atoms with Gasteiger partial charge in [0, 0.05) is 46.3 Å². The minimum Gasteiger partial charge on any atom is -0.460 e. The summed E-state index contributed by atoms with van der Waals surface area (Å²) in [7, 11) is 3.27. The number of hydrogen-bond donors (Lipinski definition) is 1. The number of esters is 1. The van der Waals surface area contributed by atoms with Gasteiger partial charge in [0.15, 0.2) is 0 Å². The number of methoxy groups -OCH3 is 1. The molecule has 0 bridgehead atoms. The number of amides is 3. The molecule has 11 heteroatoms. The van der Waals surface area contributed by atoms with Crippen LogP contribution < -0.4 is 5.32 Å².